The van der Waals surface area contributed by atoms with Gasteiger partial charge in [0.05, 0.1) is 10.6 Å². The van der Waals surface area contributed by atoms with Crippen LogP contribution in [0.4, 0.5) is 0 Å². The van der Waals surface area contributed by atoms with Crippen molar-refractivity contribution in [3.63, 3.8) is 0 Å². The van der Waals surface area contributed by atoms with Crippen LogP contribution in [0.15, 0.2) is 6.07 Å². The molecule has 6 nitrogen and oxygen atoms in total. The van der Waals surface area contributed by atoms with E-state index in [1.54, 1.807) is 10.7 Å². The fraction of sp³-hybridized carbons (Fsp3) is 0.462. The maximum Gasteiger partial charge on any atom is 0.323 e. The minimum Gasteiger partial charge on any atom is -0.480 e. The van der Waals surface area contributed by atoms with Crippen LogP contribution in [0.5, 0.6) is 0 Å². The first-order chi connectivity index (χ1) is 9.43. The number of carboxylic acids is 1. The molecule has 0 atom stereocenters. The van der Waals surface area contributed by atoms with Gasteiger partial charge in [-0.05, 0) is 19.4 Å². The van der Waals surface area contributed by atoms with E-state index in [4.69, 9.17) is 5.11 Å². The van der Waals surface area contributed by atoms with Crippen LogP contribution < -0.4 is 0 Å². The van der Waals surface area contributed by atoms with Gasteiger partial charge in [-0.2, -0.15) is 5.10 Å². The third-order valence-electron chi connectivity index (χ3n) is 3.01. The number of carbonyl (C=O) groups is 2. The predicted molar refractivity (Wildman–Crippen MR) is 77.2 cm³/mol. The summed E-state index contributed by atoms with van der Waals surface area (Å²) in [6.07, 6.45) is 0.727. The zero-order valence-electron chi connectivity index (χ0n) is 11.7. The fourth-order valence-corrected chi connectivity index (χ4v) is 3.24. The molecule has 0 bridgehead atoms. The van der Waals surface area contributed by atoms with Crippen molar-refractivity contribution < 1.29 is 14.7 Å². The highest BCUT2D eigenvalue weighted by molar-refractivity contribution is 7.20. The first kappa shape index (κ1) is 14.5. The second kappa shape index (κ2) is 5.62. The Hall–Kier alpha value is -1.89. The summed E-state index contributed by atoms with van der Waals surface area (Å²) in [7, 11) is 1.83. The molecule has 0 saturated carbocycles. The number of carbonyl (C=O) groups excluding carboxylic acids is 1. The maximum absolute atomic E-state index is 12.4. The Bertz CT molecular complexity index is 625. The molecule has 1 N–H and O–H groups in total. The summed E-state index contributed by atoms with van der Waals surface area (Å²) < 4.78 is 1.74. The smallest absolute Gasteiger partial charge is 0.323 e. The first-order valence-corrected chi connectivity index (χ1v) is 7.20. The molecule has 0 aromatic carbocycles. The van der Waals surface area contributed by atoms with Gasteiger partial charge in [-0.3, -0.25) is 14.3 Å². The van der Waals surface area contributed by atoms with Crippen molar-refractivity contribution in [1.29, 1.82) is 0 Å². The van der Waals surface area contributed by atoms with Gasteiger partial charge in [0.15, 0.2) is 0 Å². The number of nitrogens with zero attached hydrogens (tertiary/aromatic N) is 3. The second-order valence-corrected chi connectivity index (χ2v) is 5.69. The Labute approximate surface area is 120 Å². The molecule has 0 saturated heterocycles. The Kier molecular flexibility index (Phi) is 4.08. The summed E-state index contributed by atoms with van der Waals surface area (Å²) in [5.41, 5.74) is 0.873. The van der Waals surface area contributed by atoms with Gasteiger partial charge in [-0.25, -0.2) is 0 Å². The van der Waals surface area contributed by atoms with Crippen LogP contribution >= 0.6 is 11.3 Å². The molecular formula is C13H17N3O3S. The molecular weight excluding hydrogens is 278 g/mol. The second-order valence-electron chi connectivity index (χ2n) is 4.66. The molecule has 2 aromatic rings. The number of aromatic nitrogens is 2. The van der Waals surface area contributed by atoms with Gasteiger partial charge in [0.1, 0.15) is 11.4 Å². The van der Waals surface area contributed by atoms with E-state index in [0.717, 1.165) is 22.3 Å². The number of thiophene rings is 1. The average molecular weight is 295 g/mol. The van der Waals surface area contributed by atoms with Gasteiger partial charge >= 0.3 is 5.97 Å². The van der Waals surface area contributed by atoms with E-state index < -0.39 is 5.97 Å². The van der Waals surface area contributed by atoms with E-state index in [1.807, 2.05) is 20.9 Å². The van der Waals surface area contributed by atoms with E-state index in [1.165, 1.54) is 16.2 Å². The van der Waals surface area contributed by atoms with Crippen LogP contribution in [0.2, 0.25) is 0 Å². The van der Waals surface area contributed by atoms with Gasteiger partial charge in [-0.15, -0.1) is 11.3 Å². The summed E-state index contributed by atoms with van der Waals surface area (Å²) in [6, 6.07) is 1.80. The summed E-state index contributed by atoms with van der Waals surface area (Å²) in [5.74, 6) is -1.22. The average Bonchev–Trinajstić information content (AvgIpc) is 2.90. The number of fused-ring (bicyclic) bond motifs is 1. The molecule has 0 radical (unpaired) electrons. The van der Waals surface area contributed by atoms with Crippen molar-refractivity contribution in [2.24, 2.45) is 7.05 Å². The zero-order chi connectivity index (χ0) is 14.9. The summed E-state index contributed by atoms with van der Waals surface area (Å²) in [4.78, 5) is 26.1. The Balaban J connectivity index is 2.33. The lowest BCUT2D eigenvalue weighted by Crippen LogP contribution is -2.35. The van der Waals surface area contributed by atoms with Crippen LogP contribution in [0.25, 0.3) is 10.2 Å². The molecule has 7 heteroatoms. The Morgan fingerprint density at radius 1 is 1.50 bits per heavy atom. The Morgan fingerprint density at radius 2 is 2.20 bits per heavy atom. The summed E-state index contributed by atoms with van der Waals surface area (Å²) >= 11 is 1.35. The maximum atomic E-state index is 12.4. The minimum atomic E-state index is -0.995. The Morgan fingerprint density at radius 3 is 2.75 bits per heavy atom. The van der Waals surface area contributed by atoms with E-state index in [0.29, 0.717) is 11.4 Å². The van der Waals surface area contributed by atoms with Crippen molar-refractivity contribution in [2.75, 3.05) is 13.1 Å². The normalized spacial score (nSPS) is 10.9. The quantitative estimate of drug-likeness (QED) is 0.914. The van der Waals surface area contributed by atoms with Crippen LogP contribution in [0, 0.1) is 6.92 Å². The SMILES string of the molecule is CCCN(CC(=O)O)C(=O)c1cc2c(C)nn(C)c2s1. The number of hydrogen-bond donors (Lipinski definition) is 1. The molecule has 1 amide bonds. The van der Waals surface area contributed by atoms with Gasteiger partial charge < -0.3 is 10.0 Å². The zero-order valence-corrected chi connectivity index (χ0v) is 12.5. The number of carboxylic acid groups (broad SMARTS) is 1. The van der Waals surface area contributed by atoms with Crippen molar-refractivity contribution in [1.82, 2.24) is 14.7 Å². The fourth-order valence-electron chi connectivity index (χ4n) is 2.15. The lowest BCUT2D eigenvalue weighted by Gasteiger charge is -2.18. The van der Waals surface area contributed by atoms with Crippen LogP contribution in [0.1, 0.15) is 28.7 Å². The molecule has 0 unspecified atom stereocenters. The standard InChI is InChI=1S/C13H17N3O3S/c1-4-5-16(7-11(17)18)12(19)10-6-9-8(2)14-15(3)13(9)20-10/h6H,4-5,7H2,1-3H3,(H,17,18). The molecule has 2 heterocycles. The minimum absolute atomic E-state index is 0.227. The van der Waals surface area contributed by atoms with E-state index in [-0.39, 0.29) is 12.5 Å². The van der Waals surface area contributed by atoms with Crippen molar-refractivity contribution in [2.45, 2.75) is 20.3 Å². The number of amides is 1. The lowest BCUT2D eigenvalue weighted by molar-refractivity contribution is -0.137. The third kappa shape index (κ3) is 2.67. The van der Waals surface area contributed by atoms with Gasteiger partial charge in [0.25, 0.3) is 5.91 Å². The number of rotatable bonds is 5. The number of aliphatic carboxylic acids is 1. The summed E-state index contributed by atoms with van der Waals surface area (Å²) in [6.45, 7) is 3.99. The van der Waals surface area contributed by atoms with Crippen LogP contribution in [-0.2, 0) is 11.8 Å². The van der Waals surface area contributed by atoms with Gasteiger partial charge in [0.2, 0.25) is 0 Å². The highest BCUT2D eigenvalue weighted by Gasteiger charge is 2.21. The van der Waals surface area contributed by atoms with Gasteiger partial charge in [0, 0.05) is 19.0 Å². The topological polar surface area (TPSA) is 75.4 Å². The molecule has 0 spiro atoms. The highest BCUT2D eigenvalue weighted by atomic mass is 32.1. The highest BCUT2D eigenvalue weighted by Crippen LogP contribution is 2.28. The molecule has 2 aromatic heterocycles. The van der Waals surface area contributed by atoms with E-state index in [2.05, 4.69) is 5.10 Å². The van der Waals surface area contributed by atoms with Crippen molar-refractivity contribution >= 4 is 33.4 Å². The molecule has 20 heavy (non-hydrogen) atoms. The summed E-state index contributed by atoms with van der Waals surface area (Å²) in [5, 5.41) is 14.1. The molecule has 0 fully saturated rings. The van der Waals surface area contributed by atoms with E-state index >= 15 is 0 Å². The molecule has 0 aliphatic carbocycles. The van der Waals surface area contributed by atoms with Crippen molar-refractivity contribution in [3.05, 3.63) is 16.6 Å². The van der Waals surface area contributed by atoms with Crippen LogP contribution in [-0.4, -0.2) is 44.8 Å². The molecule has 0 aliphatic rings. The first-order valence-electron chi connectivity index (χ1n) is 6.38. The van der Waals surface area contributed by atoms with Gasteiger partial charge in [-0.1, -0.05) is 6.92 Å². The third-order valence-corrected chi connectivity index (χ3v) is 4.20. The molecule has 0 aliphatic heterocycles. The molecule has 2 rings (SSSR count). The predicted octanol–water partition coefficient (Wildman–Crippen LogP) is 1.88. The van der Waals surface area contributed by atoms with Crippen LogP contribution in [0.3, 0.4) is 0 Å². The number of hydrogen-bond acceptors (Lipinski definition) is 4. The molecule has 108 valence electrons. The monoisotopic (exact) mass is 295 g/mol. The lowest BCUT2D eigenvalue weighted by atomic mass is 10.3. The number of aryl methyl sites for hydroxylation is 2. The van der Waals surface area contributed by atoms with Crippen molar-refractivity contribution in [3.8, 4) is 0 Å². The van der Waals surface area contributed by atoms with E-state index in [9.17, 15) is 9.59 Å². The largest absolute Gasteiger partial charge is 0.480 e.